The molecule has 0 atom stereocenters. The van der Waals surface area contributed by atoms with Gasteiger partial charge in [-0.25, -0.2) is 0 Å². The lowest BCUT2D eigenvalue weighted by Gasteiger charge is -2.40. The highest BCUT2D eigenvalue weighted by molar-refractivity contribution is 5.79. The van der Waals surface area contributed by atoms with E-state index in [1.54, 1.807) is 0 Å². The van der Waals surface area contributed by atoms with Crippen LogP contribution in [0.5, 0.6) is 0 Å². The van der Waals surface area contributed by atoms with Crippen LogP contribution in [0.3, 0.4) is 0 Å². The molecule has 1 aliphatic heterocycles. The van der Waals surface area contributed by atoms with E-state index in [9.17, 15) is 4.79 Å². The Labute approximate surface area is 169 Å². The molecule has 152 valence electrons. The first-order valence-corrected chi connectivity index (χ1v) is 10.8. The predicted molar refractivity (Wildman–Crippen MR) is 112 cm³/mol. The van der Waals surface area contributed by atoms with E-state index in [0.717, 1.165) is 32.7 Å². The largest absolute Gasteiger partial charge is 0.336 e. The van der Waals surface area contributed by atoms with Crippen LogP contribution in [0.1, 0.15) is 57.1 Å². The van der Waals surface area contributed by atoms with Gasteiger partial charge in [0, 0.05) is 44.8 Å². The molecule has 5 nitrogen and oxygen atoms in total. The molecule has 28 heavy (non-hydrogen) atoms. The number of carbonyl (C=O) groups excluding carboxylic acids is 1. The first-order valence-electron chi connectivity index (χ1n) is 10.8. The second-order valence-corrected chi connectivity index (χ2v) is 8.55. The second-order valence-electron chi connectivity index (χ2n) is 8.55. The van der Waals surface area contributed by atoms with E-state index in [1.165, 1.54) is 37.7 Å². The number of carbonyl (C=O) groups is 1. The maximum Gasteiger partial charge on any atom is 0.237 e. The summed E-state index contributed by atoms with van der Waals surface area (Å²) < 4.78 is 0. The van der Waals surface area contributed by atoms with Crippen molar-refractivity contribution in [1.82, 2.24) is 14.7 Å². The molecule has 0 aromatic heterocycles. The Kier molecular flexibility index (Phi) is 7.47. The molecule has 1 saturated heterocycles. The van der Waals surface area contributed by atoms with Crippen molar-refractivity contribution in [3.05, 3.63) is 35.4 Å². The molecule has 0 bridgehead atoms. The van der Waals surface area contributed by atoms with Gasteiger partial charge in [0.1, 0.15) is 0 Å². The summed E-state index contributed by atoms with van der Waals surface area (Å²) in [6.07, 6.45) is 6.17. The smallest absolute Gasteiger partial charge is 0.237 e. The molecule has 1 aliphatic carbocycles. The number of amides is 1. The number of piperazine rings is 1. The minimum atomic E-state index is 0.285. The van der Waals surface area contributed by atoms with Crippen molar-refractivity contribution in [3.8, 4) is 6.07 Å². The van der Waals surface area contributed by atoms with E-state index < -0.39 is 0 Å². The third-order valence-corrected chi connectivity index (χ3v) is 6.13. The van der Waals surface area contributed by atoms with Crippen molar-refractivity contribution in [2.24, 2.45) is 0 Å². The number of nitrogens with zero attached hydrogens (tertiary/aromatic N) is 4. The highest BCUT2D eigenvalue weighted by Crippen LogP contribution is 2.24. The van der Waals surface area contributed by atoms with Crippen LogP contribution in [0.15, 0.2) is 24.3 Å². The molecule has 1 aromatic rings. The Bertz CT molecular complexity index is 665. The van der Waals surface area contributed by atoms with Crippen LogP contribution >= 0.6 is 0 Å². The van der Waals surface area contributed by atoms with Crippen molar-refractivity contribution >= 4 is 5.91 Å². The molecule has 0 spiro atoms. The molecule has 0 N–H and O–H groups in total. The van der Waals surface area contributed by atoms with Crippen LogP contribution in [0.2, 0.25) is 0 Å². The summed E-state index contributed by atoms with van der Waals surface area (Å²) in [6, 6.07) is 10.7. The van der Waals surface area contributed by atoms with E-state index in [2.05, 4.69) is 34.6 Å². The van der Waals surface area contributed by atoms with E-state index in [1.807, 2.05) is 24.3 Å². The van der Waals surface area contributed by atoms with Gasteiger partial charge in [-0.15, -0.1) is 0 Å². The SMILES string of the molecule is CC(C)N(C(=O)CN1CCN(Cc2ccc(C#N)cc2)CC1)C1CCCCC1. The molecular formula is C23H34N4O. The lowest BCUT2D eigenvalue weighted by atomic mass is 9.93. The Morgan fingerprint density at radius 1 is 1.07 bits per heavy atom. The molecule has 1 aromatic carbocycles. The van der Waals surface area contributed by atoms with E-state index >= 15 is 0 Å². The van der Waals surface area contributed by atoms with Gasteiger partial charge < -0.3 is 4.90 Å². The Morgan fingerprint density at radius 3 is 2.25 bits per heavy atom. The zero-order valence-corrected chi connectivity index (χ0v) is 17.4. The Hall–Kier alpha value is -1.90. The van der Waals surface area contributed by atoms with Crippen LogP contribution < -0.4 is 0 Å². The first-order chi connectivity index (χ1) is 13.6. The summed E-state index contributed by atoms with van der Waals surface area (Å²) in [5.41, 5.74) is 1.95. The van der Waals surface area contributed by atoms with Crippen molar-refractivity contribution in [1.29, 1.82) is 5.26 Å². The highest BCUT2D eigenvalue weighted by atomic mass is 16.2. The van der Waals surface area contributed by atoms with Gasteiger partial charge in [0.25, 0.3) is 0 Å². The molecular weight excluding hydrogens is 348 g/mol. The molecule has 1 saturated carbocycles. The summed E-state index contributed by atoms with van der Waals surface area (Å²) in [7, 11) is 0. The average Bonchev–Trinajstić information content (AvgIpc) is 2.71. The third kappa shape index (κ3) is 5.56. The second kappa shape index (κ2) is 10.0. The van der Waals surface area contributed by atoms with E-state index in [4.69, 9.17) is 5.26 Å². The van der Waals surface area contributed by atoms with Crippen molar-refractivity contribution in [3.63, 3.8) is 0 Å². The topological polar surface area (TPSA) is 50.6 Å². The molecule has 2 fully saturated rings. The van der Waals surface area contributed by atoms with Gasteiger partial charge >= 0.3 is 0 Å². The number of hydrogen-bond acceptors (Lipinski definition) is 4. The van der Waals surface area contributed by atoms with Crippen LogP contribution in [-0.4, -0.2) is 65.4 Å². The van der Waals surface area contributed by atoms with Gasteiger partial charge in [-0.1, -0.05) is 31.4 Å². The molecule has 2 aliphatic rings. The fourth-order valence-corrected chi connectivity index (χ4v) is 4.59. The zero-order valence-electron chi connectivity index (χ0n) is 17.4. The maximum atomic E-state index is 13.0. The van der Waals surface area contributed by atoms with Crippen molar-refractivity contribution in [2.45, 2.75) is 64.6 Å². The standard InChI is InChI=1S/C23H34N4O/c1-19(2)27(22-6-4-3-5-7-22)23(28)18-26-14-12-25(13-15-26)17-21-10-8-20(16-24)9-11-21/h8-11,19,22H,3-7,12-15,17-18H2,1-2H3. The van der Waals surface area contributed by atoms with E-state index in [-0.39, 0.29) is 6.04 Å². The number of rotatable bonds is 6. The summed E-state index contributed by atoms with van der Waals surface area (Å²) in [5, 5.41) is 8.91. The highest BCUT2D eigenvalue weighted by Gasteiger charge is 2.29. The van der Waals surface area contributed by atoms with Gasteiger partial charge in [0.2, 0.25) is 5.91 Å². The lowest BCUT2D eigenvalue weighted by Crippen LogP contribution is -2.53. The first kappa shape index (κ1) is 20.8. The molecule has 0 unspecified atom stereocenters. The van der Waals surface area contributed by atoms with Crippen LogP contribution in [0, 0.1) is 11.3 Å². The Morgan fingerprint density at radius 2 is 1.68 bits per heavy atom. The normalized spacial score (nSPS) is 19.5. The monoisotopic (exact) mass is 382 g/mol. The zero-order chi connectivity index (χ0) is 19.9. The molecule has 0 radical (unpaired) electrons. The van der Waals surface area contributed by atoms with Crippen molar-refractivity contribution < 1.29 is 4.79 Å². The quantitative estimate of drug-likeness (QED) is 0.758. The minimum absolute atomic E-state index is 0.285. The minimum Gasteiger partial charge on any atom is -0.336 e. The third-order valence-electron chi connectivity index (χ3n) is 6.13. The maximum absolute atomic E-state index is 13.0. The summed E-state index contributed by atoms with van der Waals surface area (Å²) >= 11 is 0. The molecule has 1 heterocycles. The molecule has 1 amide bonds. The molecule has 5 heteroatoms. The van der Waals surface area contributed by atoms with Gasteiger partial charge in [-0.05, 0) is 44.4 Å². The summed E-state index contributed by atoms with van der Waals surface area (Å²) in [6.45, 7) is 9.63. The van der Waals surface area contributed by atoms with Crippen molar-refractivity contribution in [2.75, 3.05) is 32.7 Å². The van der Waals surface area contributed by atoms with E-state index in [0.29, 0.717) is 24.1 Å². The summed E-state index contributed by atoms with van der Waals surface area (Å²) in [4.78, 5) is 19.9. The number of hydrogen-bond donors (Lipinski definition) is 0. The van der Waals surface area contributed by atoms with Crippen LogP contribution in [-0.2, 0) is 11.3 Å². The van der Waals surface area contributed by atoms with Crippen LogP contribution in [0.25, 0.3) is 0 Å². The average molecular weight is 383 g/mol. The number of benzene rings is 1. The fraction of sp³-hybridized carbons (Fsp3) is 0.652. The number of nitriles is 1. The van der Waals surface area contributed by atoms with Gasteiger partial charge in [0.15, 0.2) is 0 Å². The fourth-order valence-electron chi connectivity index (χ4n) is 4.59. The Balaban J connectivity index is 1.47. The molecule has 3 rings (SSSR count). The summed E-state index contributed by atoms with van der Waals surface area (Å²) in [5.74, 6) is 0.308. The predicted octanol–water partition coefficient (Wildman–Crippen LogP) is 3.25. The lowest BCUT2D eigenvalue weighted by molar-refractivity contribution is -0.138. The van der Waals surface area contributed by atoms with Crippen LogP contribution in [0.4, 0.5) is 0 Å². The van der Waals surface area contributed by atoms with Gasteiger partial charge in [-0.3, -0.25) is 14.6 Å². The van der Waals surface area contributed by atoms with Gasteiger partial charge in [-0.2, -0.15) is 5.26 Å². The van der Waals surface area contributed by atoms with Gasteiger partial charge in [0.05, 0.1) is 18.2 Å².